The molecule has 0 aromatic rings. The van der Waals surface area contributed by atoms with Gasteiger partial charge in [0, 0.05) is 13.1 Å². The Morgan fingerprint density at radius 3 is 2.13 bits per heavy atom. The number of rotatable bonds is 3. The third-order valence-electron chi connectivity index (χ3n) is 4.03. The largest absolute Gasteiger partial charge is 0.341 e. The Balaban J connectivity index is 2.52. The van der Waals surface area contributed by atoms with Crippen LogP contribution in [0.15, 0.2) is 0 Å². The van der Waals surface area contributed by atoms with Gasteiger partial charge in [-0.3, -0.25) is 4.79 Å². The van der Waals surface area contributed by atoms with E-state index in [1.54, 1.807) is 6.92 Å². The van der Waals surface area contributed by atoms with Crippen molar-refractivity contribution in [3.63, 3.8) is 0 Å². The van der Waals surface area contributed by atoms with Crippen molar-refractivity contribution in [2.24, 2.45) is 11.1 Å². The van der Waals surface area contributed by atoms with Crippen molar-refractivity contribution in [1.82, 2.24) is 4.90 Å². The van der Waals surface area contributed by atoms with Gasteiger partial charge in [-0.05, 0) is 25.2 Å². The average Bonchev–Trinajstić information content (AvgIpc) is 2.28. The molecule has 0 radical (unpaired) electrons. The number of hydrogen-bond donors (Lipinski definition) is 1. The maximum atomic E-state index is 11.7. The maximum Gasteiger partial charge on any atom is 0.239 e. The van der Waals surface area contributed by atoms with E-state index in [9.17, 15) is 4.79 Å². The second-order valence-corrected chi connectivity index (χ2v) is 4.82. The smallest absolute Gasteiger partial charge is 0.239 e. The Bertz CT molecular complexity index is 212. The molecule has 15 heavy (non-hydrogen) atoms. The average molecular weight is 212 g/mol. The number of carbonyl (C=O) groups excluding carboxylic acids is 1. The summed E-state index contributed by atoms with van der Waals surface area (Å²) in [6.07, 6.45) is 4.73. The fraction of sp³-hybridized carbons (Fsp3) is 0.917. The lowest BCUT2D eigenvalue weighted by Crippen LogP contribution is -2.48. The second-order valence-electron chi connectivity index (χ2n) is 4.82. The first kappa shape index (κ1) is 12.5. The van der Waals surface area contributed by atoms with Gasteiger partial charge in [-0.1, -0.05) is 26.7 Å². The number of likely N-dealkylation sites (tertiary alicyclic amines) is 1. The SMILES string of the molecule is CCC1(CC)CCN(C(=O)C(C)N)CC1. The van der Waals surface area contributed by atoms with Crippen molar-refractivity contribution in [3.8, 4) is 0 Å². The van der Waals surface area contributed by atoms with Gasteiger partial charge in [0.15, 0.2) is 0 Å². The minimum absolute atomic E-state index is 0.107. The standard InChI is InChI=1S/C12H24N2O/c1-4-12(5-2)6-8-14(9-7-12)11(15)10(3)13/h10H,4-9,13H2,1-3H3. The van der Waals surface area contributed by atoms with Crippen molar-refractivity contribution in [3.05, 3.63) is 0 Å². The summed E-state index contributed by atoms with van der Waals surface area (Å²) in [5, 5.41) is 0. The topological polar surface area (TPSA) is 46.3 Å². The van der Waals surface area contributed by atoms with Crippen LogP contribution in [0.2, 0.25) is 0 Å². The van der Waals surface area contributed by atoms with Crippen molar-refractivity contribution in [2.45, 2.75) is 52.5 Å². The summed E-state index contributed by atoms with van der Waals surface area (Å²) in [4.78, 5) is 13.6. The number of nitrogens with zero attached hydrogens (tertiary/aromatic N) is 1. The molecule has 1 saturated heterocycles. The molecule has 88 valence electrons. The van der Waals surface area contributed by atoms with Gasteiger partial charge < -0.3 is 10.6 Å². The van der Waals surface area contributed by atoms with Gasteiger partial charge in [-0.2, -0.15) is 0 Å². The van der Waals surface area contributed by atoms with Crippen LogP contribution in [-0.4, -0.2) is 29.9 Å². The Kier molecular flexibility index (Phi) is 4.14. The Morgan fingerprint density at radius 2 is 1.80 bits per heavy atom. The molecule has 1 amide bonds. The number of carbonyl (C=O) groups is 1. The first-order valence-electron chi connectivity index (χ1n) is 6.09. The molecular formula is C12H24N2O. The highest BCUT2D eigenvalue weighted by Crippen LogP contribution is 2.37. The summed E-state index contributed by atoms with van der Waals surface area (Å²) >= 11 is 0. The number of piperidine rings is 1. The van der Waals surface area contributed by atoms with E-state index in [2.05, 4.69) is 13.8 Å². The van der Waals surface area contributed by atoms with E-state index in [1.165, 1.54) is 12.8 Å². The molecule has 1 fully saturated rings. The lowest BCUT2D eigenvalue weighted by molar-refractivity contribution is -0.134. The first-order valence-corrected chi connectivity index (χ1v) is 6.09. The monoisotopic (exact) mass is 212 g/mol. The lowest BCUT2D eigenvalue weighted by atomic mass is 9.74. The van der Waals surface area contributed by atoms with Crippen molar-refractivity contribution in [2.75, 3.05) is 13.1 Å². The number of nitrogens with two attached hydrogens (primary N) is 1. The zero-order chi connectivity index (χ0) is 11.5. The van der Waals surface area contributed by atoms with Crippen molar-refractivity contribution >= 4 is 5.91 Å². The van der Waals surface area contributed by atoms with Crippen LogP contribution in [0.1, 0.15) is 46.5 Å². The molecule has 3 heteroatoms. The molecule has 2 N–H and O–H groups in total. The molecule has 0 saturated carbocycles. The summed E-state index contributed by atoms with van der Waals surface area (Å²) < 4.78 is 0. The minimum atomic E-state index is -0.347. The van der Waals surface area contributed by atoms with Crippen LogP contribution in [0.25, 0.3) is 0 Å². The minimum Gasteiger partial charge on any atom is -0.341 e. The maximum absolute atomic E-state index is 11.7. The van der Waals surface area contributed by atoms with E-state index < -0.39 is 0 Å². The van der Waals surface area contributed by atoms with Crippen LogP contribution in [0.5, 0.6) is 0 Å². The van der Waals surface area contributed by atoms with Crippen molar-refractivity contribution < 1.29 is 4.79 Å². The predicted octanol–water partition coefficient (Wildman–Crippen LogP) is 1.76. The quantitative estimate of drug-likeness (QED) is 0.775. The zero-order valence-corrected chi connectivity index (χ0v) is 10.3. The Morgan fingerprint density at radius 1 is 1.33 bits per heavy atom. The van der Waals surface area contributed by atoms with E-state index in [0.717, 1.165) is 25.9 Å². The van der Waals surface area contributed by atoms with Gasteiger partial charge in [-0.15, -0.1) is 0 Å². The molecule has 1 aliphatic rings. The van der Waals surface area contributed by atoms with Crippen LogP contribution in [0.4, 0.5) is 0 Å². The van der Waals surface area contributed by atoms with Gasteiger partial charge in [0.2, 0.25) is 5.91 Å². The fourth-order valence-electron chi connectivity index (χ4n) is 2.45. The van der Waals surface area contributed by atoms with E-state index in [-0.39, 0.29) is 11.9 Å². The number of hydrogen-bond acceptors (Lipinski definition) is 2. The molecule has 1 rings (SSSR count). The number of amides is 1. The summed E-state index contributed by atoms with van der Waals surface area (Å²) in [5.74, 6) is 0.107. The molecule has 0 spiro atoms. The van der Waals surface area contributed by atoms with Gasteiger partial charge in [0.25, 0.3) is 0 Å². The highest BCUT2D eigenvalue weighted by Gasteiger charge is 2.33. The lowest BCUT2D eigenvalue weighted by Gasteiger charge is -2.41. The van der Waals surface area contributed by atoms with Gasteiger partial charge >= 0.3 is 0 Å². The van der Waals surface area contributed by atoms with E-state index in [0.29, 0.717) is 5.41 Å². The molecule has 1 unspecified atom stereocenters. The van der Waals surface area contributed by atoms with Crippen LogP contribution >= 0.6 is 0 Å². The van der Waals surface area contributed by atoms with E-state index in [1.807, 2.05) is 4.90 Å². The first-order chi connectivity index (χ1) is 7.04. The summed E-state index contributed by atoms with van der Waals surface area (Å²) in [5.41, 5.74) is 6.09. The molecule has 1 aliphatic heterocycles. The molecular weight excluding hydrogens is 188 g/mol. The predicted molar refractivity (Wildman–Crippen MR) is 62.5 cm³/mol. The van der Waals surface area contributed by atoms with Gasteiger partial charge in [0.05, 0.1) is 6.04 Å². The summed E-state index contributed by atoms with van der Waals surface area (Å²) in [6.45, 7) is 8.06. The third kappa shape index (κ3) is 2.71. The van der Waals surface area contributed by atoms with E-state index in [4.69, 9.17) is 5.73 Å². The summed E-state index contributed by atoms with van der Waals surface area (Å²) in [6, 6.07) is -0.347. The van der Waals surface area contributed by atoms with Crippen LogP contribution < -0.4 is 5.73 Å². The molecule has 0 aromatic carbocycles. The molecule has 0 bridgehead atoms. The van der Waals surface area contributed by atoms with Crippen LogP contribution in [-0.2, 0) is 4.79 Å². The van der Waals surface area contributed by atoms with Gasteiger partial charge in [-0.25, -0.2) is 0 Å². The highest BCUT2D eigenvalue weighted by molar-refractivity contribution is 5.81. The van der Waals surface area contributed by atoms with Gasteiger partial charge in [0.1, 0.15) is 0 Å². The molecule has 3 nitrogen and oxygen atoms in total. The third-order valence-corrected chi connectivity index (χ3v) is 4.03. The van der Waals surface area contributed by atoms with E-state index >= 15 is 0 Å². The fourth-order valence-corrected chi connectivity index (χ4v) is 2.45. The zero-order valence-electron chi connectivity index (χ0n) is 10.3. The summed E-state index contributed by atoms with van der Waals surface area (Å²) in [7, 11) is 0. The van der Waals surface area contributed by atoms with Crippen molar-refractivity contribution in [1.29, 1.82) is 0 Å². The molecule has 0 aliphatic carbocycles. The normalized spacial score (nSPS) is 22.5. The Hall–Kier alpha value is -0.570. The van der Waals surface area contributed by atoms with Crippen LogP contribution in [0.3, 0.4) is 0 Å². The highest BCUT2D eigenvalue weighted by atomic mass is 16.2. The molecule has 1 heterocycles. The second kappa shape index (κ2) is 4.97. The molecule has 1 atom stereocenters. The molecule has 0 aromatic heterocycles. The van der Waals surface area contributed by atoms with Crippen LogP contribution in [0, 0.1) is 5.41 Å². The Labute approximate surface area is 93.0 Å².